The average molecular weight is 492 g/mol. The van der Waals surface area contributed by atoms with Crippen molar-refractivity contribution in [1.29, 1.82) is 0 Å². The number of aromatic nitrogens is 3. The fourth-order valence-corrected chi connectivity index (χ4v) is 5.68. The quantitative estimate of drug-likeness (QED) is 0.287. The number of nitrogens with zero attached hydrogens (tertiary/aromatic N) is 3. The van der Waals surface area contributed by atoms with Gasteiger partial charge < -0.3 is 0 Å². The van der Waals surface area contributed by atoms with Crippen LogP contribution in [0.1, 0.15) is 72.7 Å². The molecule has 0 radical (unpaired) electrons. The number of hydrogen-bond donors (Lipinski definition) is 0. The molecule has 2 aromatic carbocycles. The van der Waals surface area contributed by atoms with E-state index >= 15 is 0 Å². The third-order valence-corrected chi connectivity index (χ3v) is 9.09. The molecular formula is C34H41N3. The predicted molar refractivity (Wildman–Crippen MR) is 158 cm³/mol. The molecular weight excluding hydrogens is 450 g/mol. The number of rotatable bonds is 3. The van der Waals surface area contributed by atoms with Crippen LogP contribution in [0, 0.1) is 90.0 Å². The molecule has 0 saturated carbocycles. The zero-order valence-electron chi connectivity index (χ0n) is 25.0. The Morgan fingerprint density at radius 1 is 0.351 bits per heavy atom. The van der Waals surface area contributed by atoms with Crippen LogP contribution >= 0.6 is 0 Å². The summed E-state index contributed by atoms with van der Waals surface area (Å²) >= 11 is 0. The van der Waals surface area contributed by atoms with E-state index in [0.717, 1.165) is 39.7 Å². The molecule has 0 spiro atoms. The molecule has 0 saturated heterocycles. The maximum atomic E-state index is 5.39. The van der Waals surface area contributed by atoms with Crippen molar-refractivity contribution in [2.45, 2.75) is 90.0 Å². The molecule has 2 aromatic heterocycles. The lowest BCUT2D eigenvalue weighted by atomic mass is 9.86. The van der Waals surface area contributed by atoms with Crippen molar-refractivity contribution in [2.24, 2.45) is 0 Å². The van der Waals surface area contributed by atoms with E-state index < -0.39 is 0 Å². The first kappa shape index (κ1) is 26.7. The Morgan fingerprint density at radius 3 is 1.05 bits per heavy atom. The summed E-state index contributed by atoms with van der Waals surface area (Å²) in [5, 5.41) is 0. The fraction of sp³-hybridized carbons (Fsp3) is 0.382. The fourth-order valence-electron chi connectivity index (χ4n) is 5.68. The second kappa shape index (κ2) is 9.52. The Kier molecular flexibility index (Phi) is 6.88. The lowest BCUT2D eigenvalue weighted by molar-refractivity contribution is 1.01. The average Bonchev–Trinajstić information content (AvgIpc) is 2.86. The minimum Gasteiger partial charge on any atom is -0.254 e. The molecule has 0 aliphatic rings. The zero-order chi connectivity index (χ0) is 27.5. The van der Waals surface area contributed by atoms with E-state index in [0.29, 0.717) is 0 Å². The van der Waals surface area contributed by atoms with Crippen LogP contribution in [0.2, 0.25) is 0 Å². The van der Waals surface area contributed by atoms with Gasteiger partial charge in [-0.15, -0.1) is 0 Å². The topological polar surface area (TPSA) is 38.7 Å². The van der Waals surface area contributed by atoms with E-state index in [1.165, 1.54) is 66.8 Å². The molecule has 4 rings (SSSR count). The summed E-state index contributed by atoms with van der Waals surface area (Å²) in [6.07, 6.45) is 0. The highest BCUT2D eigenvalue weighted by molar-refractivity contribution is 5.82. The first-order chi connectivity index (χ1) is 17.3. The number of hydrogen-bond acceptors (Lipinski definition) is 3. The predicted octanol–water partition coefficient (Wildman–Crippen LogP) is 8.88. The lowest BCUT2D eigenvalue weighted by Crippen LogP contribution is -2.05. The maximum absolute atomic E-state index is 5.39. The van der Waals surface area contributed by atoms with Crippen LogP contribution in [-0.4, -0.2) is 15.0 Å². The smallest absolute Gasteiger partial charge is 0.0919 e. The van der Waals surface area contributed by atoms with Gasteiger partial charge in [0.2, 0.25) is 0 Å². The van der Waals surface area contributed by atoms with Crippen molar-refractivity contribution in [2.75, 3.05) is 0 Å². The third kappa shape index (κ3) is 4.29. The summed E-state index contributed by atoms with van der Waals surface area (Å²) in [7, 11) is 0. The van der Waals surface area contributed by atoms with Crippen LogP contribution in [-0.2, 0) is 0 Å². The number of pyridine rings is 1. The van der Waals surface area contributed by atoms with Gasteiger partial charge in [-0.05, 0) is 158 Å². The Hall–Kier alpha value is -3.33. The molecule has 37 heavy (non-hydrogen) atoms. The van der Waals surface area contributed by atoms with Gasteiger partial charge in [-0.3, -0.25) is 4.98 Å². The van der Waals surface area contributed by atoms with E-state index in [1.54, 1.807) is 0 Å². The first-order valence-electron chi connectivity index (χ1n) is 13.2. The van der Waals surface area contributed by atoms with Crippen molar-refractivity contribution >= 4 is 0 Å². The van der Waals surface area contributed by atoms with E-state index in [-0.39, 0.29) is 0 Å². The monoisotopic (exact) mass is 491 g/mol. The highest BCUT2D eigenvalue weighted by atomic mass is 14.8. The van der Waals surface area contributed by atoms with E-state index in [4.69, 9.17) is 15.0 Å². The van der Waals surface area contributed by atoms with Crippen LogP contribution in [0.4, 0.5) is 0 Å². The number of benzene rings is 2. The molecule has 2 heterocycles. The van der Waals surface area contributed by atoms with E-state index in [2.05, 4.69) is 88.3 Å². The summed E-state index contributed by atoms with van der Waals surface area (Å²) in [6, 6.07) is 4.44. The van der Waals surface area contributed by atoms with Gasteiger partial charge in [0.15, 0.2) is 0 Å². The largest absolute Gasteiger partial charge is 0.254 e. The van der Waals surface area contributed by atoms with Crippen molar-refractivity contribution < 1.29 is 0 Å². The van der Waals surface area contributed by atoms with Gasteiger partial charge in [0.1, 0.15) is 0 Å². The van der Waals surface area contributed by atoms with Crippen LogP contribution in [0.5, 0.6) is 0 Å². The van der Waals surface area contributed by atoms with Crippen LogP contribution in [0.25, 0.3) is 33.8 Å². The molecule has 4 aromatic rings. The standard InChI is InChI=1S/C34H41N3/c1-16-18(3)22(7)32(23(8)19(16)4)30-14-29(34-28(13)35-26(11)27(12)36-34)15-31(37-30)33-24(9)20(5)17(2)21(6)25(33)10/h14-15H,1-13H3. The summed E-state index contributed by atoms with van der Waals surface area (Å²) in [5.74, 6) is 0. The molecule has 0 aliphatic heterocycles. The number of aryl methyl sites for hydroxylation is 3. The Balaban J connectivity index is 2.16. The molecule has 3 nitrogen and oxygen atoms in total. The lowest BCUT2D eigenvalue weighted by Gasteiger charge is -2.22. The van der Waals surface area contributed by atoms with E-state index in [1.807, 2.05) is 13.8 Å². The second-order valence-electron chi connectivity index (χ2n) is 11.0. The minimum absolute atomic E-state index is 0.930. The van der Waals surface area contributed by atoms with Crippen molar-refractivity contribution in [3.05, 3.63) is 84.8 Å². The minimum atomic E-state index is 0.930. The van der Waals surface area contributed by atoms with Crippen molar-refractivity contribution in [3.8, 4) is 33.8 Å². The van der Waals surface area contributed by atoms with Crippen molar-refractivity contribution in [3.63, 3.8) is 0 Å². The summed E-state index contributed by atoms with van der Waals surface area (Å²) < 4.78 is 0. The SMILES string of the molecule is Cc1nc(C)c(-c2cc(-c3c(C)c(C)c(C)c(C)c3C)nc(-c3c(C)c(C)c(C)c(C)c3C)c2)nc1C. The van der Waals surface area contributed by atoms with Gasteiger partial charge in [0.25, 0.3) is 0 Å². The van der Waals surface area contributed by atoms with Crippen LogP contribution in [0.15, 0.2) is 12.1 Å². The summed E-state index contributed by atoms with van der Waals surface area (Å²) in [4.78, 5) is 15.2. The van der Waals surface area contributed by atoms with Gasteiger partial charge >= 0.3 is 0 Å². The molecule has 0 fully saturated rings. The van der Waals surface area contributed by atoms with Gasteiger partial charge in [-0.25, -0.2) is 9.97 Å². The molecule has 0 bridgehead atoms. The maximum Gasteiger partial charge on any atom is 0.0919 e. The van der Waals surface area contributed by atoms with Gasteiger partial charge in [0, 0.05) is 16.7 Å². The van der Waals surface area contributed by atoms with Crippen molar-refractivity contribution in [1.82, 2.24) is 15.0 Å². The molecule has 0 unspecified atom stereocenters. The third-order valence-electron chi connectivity index (χ3n) is 9.09. The summed E-state index contributed by atoms with van der Waals surface area (Å²) in [6.45, 7) is 28.4. The Morgan fingerprint density at radius 2 is 0.676 bits per heavy atom. The molecule has 0 amide bonds. The molecule has 3 heteroatoms. The van der Waals surface area contributed by atoms with Gasteiger partial charge in [-0.1, -0.05) is 0 Å². The molecule has 192 valence electrons. The highest BCUT2D eigenvalue weighted by Crippen LogP contribution is 2.39. The van der Waals surface area contributed by atoms with Crippen LogP contribution < -0.4 is 0 Å². The summed E-state index contributed by atoms with van der Waals surface area (Å²) in [5.41, 5.74) is 22.6. The zero-order valence-corrected chi connectivity index (χ0v) is 25.0. The van der Waals surface area contributed by atoms with E-state index in [9.17, 15) is 0 Å². The Bertz CT molecular complexity index is 1440. The second-order valence-corrected chi connectivity index (χ2v) is 11.0. The molecule has 0 atom stereocenters. The Labute approximate surface area is 223 Å². The normalized spacial score (nSPS) is 11.4. The molecule has 0 aliphatic carbocycles. The van der Waals surface area contributed by atoms with Gasteiger partial charge in [0.05, 0.1) is 34.2 Å². The van der Waals surface area contributed by atoms with Gasteiger partial charge in [-0.2, -0.15) is 0 Å². The highest BCUT2D eigenvalue weighted by Gasteiger charge is 2.21. The molecule has 0 N–H and O–H groups in total. The van der Waals surface area contributed by atoms with Crippen LogP contribution in [0.3, 0.4) is 0 Å². The first-order valence-corrected chi connectivity index (χ1v) is 13.2.